The Balaban J connectivity index is 4.14. The van der Waals surface area contributed by atoms with E-state index in [1.807, 2.05) is 13.8 Å². The van der Waals surface area contributed by atoms with E-state index in [9.17, 15) is 0 Å². The van der Waals surface area contributed by atoms with Crippen LogP contribution in [0.4, 0.5) is 0 Å². The van der Waals surface area contributed by atoms with Crippen LogP contribution in [0.25, 0.3) is 0 Å². The van der Waals surface area contributed by atoms with Crippen LogP contribution in [0.15, 0.2) is 0 Å². The van der Waals surface area contributed by atoms with Crippen LogP contribution in [0.2, 0.25) is 0 Å². The monoisotopic (exact) mass is 318 g/mol. The number of rotatable bonds is 15. The molecule has 0 aromatic heterocycles. The molecule has 1 unspecified atom stereocenters. The van der Waals surface area contributed by atoms with Crippen molar-refractivity contribution in [2.24, 2.45) is 0 Å². The van der Waals surface area contributed by atoms with Gasteiger partial charge in [-0.05, 0) is 27.2 Å². The summed E-state index contributed by atoms with van der Waals surface area (Å²) in [6.45, 7) is 10.5. The van der Waals surface area contributed by atoms with Crippen molar-refractivity contribution < 1.29 is 14.2 Å². The summed E-state index contributed by atoms with van der Waals surface area (Å²) < 4.78 is 17.8. The summed E-state index contributed by atoms with van der Waals surface area (Å²) in [5.74, 6) is 0. The minimum Gasteiger partial charge on any atom is -0.373 e. The number of hydrogen-bond donors (Lipinski definition) is 0. The van der Waals surface area contributed by atoms with Gasteiger partial charge in [0.25, 0.3) is 0 Å². The van der Waals surface area contributed by atoms with Gasteiger partial charge >= 0.3 is 0 Å². The van der Waals surface area contributed by atoms with Crippen LogP contribution >= 0.6 is 0 Å². The van der Waals surface area contributed by atoms with Crippen LogP contribution in [0.5, 0.6) is 0 Å². The molecular weight excluding hydrogens is 280 g/mol. The average molecular weight is 319 g/mol. The van der Waals surface area contributed by atoms with E-state index in [0.717, 1.165) is 23.3 Å². The fourth-order valence-corrected chi connectivity index (χ4v) is 3.82. The molecule has 0 fully saturated rings. The lowest BCUT2D eigenvalue weighted by atomic mass is 10.1. The van der Waals surface area contributed by atoms with E-state index in [-0.39, 0.29) is 6.10 Å². The predicted octanol–water partition coefficient (Wildman–Crippen LogP) is 3.62. The van der Waals surface area contributed by atoms with Gasteiger partial charge in [0.2, 0.25) is 0 Å². The van der Waals surface area contributed by atoms with Crippen LogP contribution in [0.1, 0.15) is 79.1 Å². The van der Waals surface area contributed by atoms with E-state index in [0.29, 0.717) is 13.2 Å². The van der Waals surface area contributed by atoms with Gasteiger partial charge in [-0.1, -0.05) is 51.9 Å². The third-order valence-electron chi connectivity index (χ3n) is 3.88. The molecule has 3 nitrogen and oxygen atoms in total. The van der Waals surface area contributed by atoms with Crippen molar-refractivity contribution in [2.75, 3.05) is 19.8 Å². The first-order valence-corrected chi connectivity index (χ1v) is 10.0. The van der Waals surface area contributed by atoms with E-state index >= 15 is 0 Å². The highest BCUT2D eigenvalue weighted by molar-refractivity contribution is 6.13. The topological polar surface area (TPSA) is 27.7 Å². The quantitative estimate of drug-likeness (QED) is 0.262. The van der Waals surface area contributed by atoms with Crippen molar-refractivity contribution in [3.63, 3.8) is 0 Å². The largest absolute Gasteiger partial charge is 0.373 e. The summed E-state index contributed by atoms with van der Waals surface area (Å²) in [5.41, 5.74) is -0.471. The zero-order valence-electron chi connectivity index (χ0n) is 15.1. The van der Waals surface area contributed by atoms with Gasteiger partial charge in [0.05, 0.1) is 10.2 Å². The summed E-state index contributed by atoms with van der Waals surface area (Å²) in [6, 6.07) is 0. The van der Waals surface area contributed by atoms with Gasteiger partial charge in [0.15, 0.2) is 5.41 Å². The maximum atomic E-state index is 5.94. The first kappa shape index (κ1) is 21.1. The summed E-state index contributed by atoms with van der Waals surface area (Å²) in [4.78, 5) is 0. The molecule has 0 amide bonds. The van der Waals surface area contributed by atoms with Crippen molar-refractivity contribution in [3.05, 3.63) is 0 Å². The van der Waals surface area contributed by atoms with Gasteiger partial charge in [-0.3, -0.25) is 0 Å². The van der Waals surface area contributed by atoms with Gasteiger partial charge in [-0.2, -0.15) is 0 Å². The second-order valence-corrected chi connectivity index (χ2v) is 7.13. The second-order valence-electron chi connectivity index (χ2n) is 5.74. The molecule has 0 aromatic rings. The van der Waals surface area contributed by atoms with E-state index in [4.69, 9.17) is 14.2 Å². The molecule has 0 N–H and O–H groups in total. The van der Waals surface area contributed by atoms with Crippen LogP contribution in [-0.2, 0) is 14.2 Å². The predicted molar refractivity (Wildman–Crippen MR) is 93.9 cm³/mol. The van der Waals surface area contributed by atoms with Crippen molar-refractivity contribution in [1.82, 2.24) is 0 Å². The molecule has 0 spiro atoms. The van der Waals surface area contributed by atoms with Crippen LogP contribution < -0.4 is 0 Å². The van der Waals surface area contributed by atoms with Gasteiger partial charge in [-0.15, -0.1) is 0 Å². The summed E-state index contributed by atoms with van der Waals surface area (Å²) in [5, 5.41) is 0. The fraction of sp³-hybridized carbons (Fsp3) is 1.00. The third kappa shape index (κ3) is 9.66. The molecule has 0 saturated heterocycles. The third-order valence-corrected chi connectivity index (χ3v) is 5.11. The minimum absolute atomic E-state index is 0.0877. The Bertz CT molecular complexity index is 218. The molecule has 21 heavy (non-hydrogen) atoms. The van der Waals surface area contributed by atoms with E-state index < -0.39 is 5.41 Å². The minimum atomic E-state index is -0.471. The maximum Gasteiger partial charge on any atom is 0.166 e. The molecule has 0 aliphatic carbocycles. The van der Waals surface area contributed by atoms with Crippen molar-refractivity contribution in [2.45, 2.75) is 90.6 Å². The SMILES string of the molecule is CCCCCCCCCC(OCC)C([SiH3])(OCC)OCC. The molecule has 0 heterocycles. The molecule has 0 rings (SSSR count). The highest BCUT2D eigenvalue weighted by atomic mass is 28.1. The zero-order valence-corrected chi connectivity index (χ0v) is 17.1. The summed E-state index contributed by atoms with van der Waals surface area (Å²) >= 11 is 0. The Hall–Kier alpha value is 0.0969. The lowest BCUT2D eigenvalue weighted by molar-refractivity contribution is -0.237. The molecule has 128 valence electrons. The molecule has 1 atom stereocenters. The highest BCUT2D eigenvalue weighted by Gasteiger charge is 2.35. The lowest BCUT2D eigenvalue weighted by Crippen LogP contribution is -2.49. The van der Waals surface area contributed by atoms with E-state index in [1.54, 1.807) is 0 Å². The van der Waals surface area contributed by atoms with E-state index in [2.05, 4.69) is 13.8 Å². The standard InChI is InChI=1S/C17H38O3Si/c1-5-9-10-11-12-13-14-15-16(18-6-2)17(21,19-7-3)20-8-4/h16H,5-15H2,1-4,21H3. The molecule has 0 aliphatic heterocycles. The fourth-order valence-electron chi connectivity index (χ4n) is 2.79. The summed E-state index contributed by atoms with van der Waals surface area (Å²) in [7, 11) is 0.836. The molecule has 0 aliphatic rings. The van der Waals surface area contributed by atoms with Crippen LogP contribution in [0, 0.1) is 0 Å². The Morgan fingerprint density at radius 3 is 1.76 bits per heavy atom. The molecule has 0 bridgehead atoms. The van der Waals surface area contributed by atoms with Gasteiger partial charge in [-0.25, -0.2) is 0 Å². The summed E-state index contributed by atoms with van der Waals surface area (Å²) in [6.07, 6.45) is 10.4. The maximum absolute atomic E-state index is 5.94. The van der Waals surface area contributed by atoms with Gasteiger partial charge < -0.3 is 14.2 Å². The van der Waals surface area contributed by atoms with Crippen molar-refractivity contribution >= 4 is 10.2 Å². The van der Waals surface area contributed by atoms with Crippen LogP contribution in [-0.4, -0.2) is 41.6 Å². The second kappa shape index (κ2) is 13.7. The molecule has 4 heteroatoms. The van der Waals surface area contributed by atoms with Crippen LogP contribution in [0.3, 0.4) is 0 Å². The first-order chi connectivity index (χ1) is 10.1. The number of unbranched alkanes of at least 4 members (excludes halogenated alkanes) is 6. The Labute approximate surface area is 135 Å². The highest BCUT2D eigenvalue weighted by Crippen LogP contribution is 2.23. The zero-order chi connectivity index (χ0) is 16.0. The first-order valence-electron chi connectivity index (χ1n) is 9.04. The average Bonchev–Trinajstić information content (AvgIpc) is 2.45. The van der Waals surface area contributed by atoms with Crippen molar-refractivity contribution in [3.8, 4) is 0 Å². The Morgan fingerprint density at radius 2 is 1.29 bits per heavy atom. The van der Waals surface area contributed by atoms with Crippen molar-refractivity contribution in [1.29, 1.82) is 0 Å². The molecular formula is C17H38O3Si. The number of hydrogen-bond acceptors (Lipinski definition) is 3. The lowest BCUT2D eigenvalue weighted by Gasteiger charge is -2.37. The Kier molecular flexibility index (Phi) is 13.8. The van der Waals surface area contributed by atoms with Gasteiger partial charge in [0, 0.05) is 19.8 Å². The molecule has 0 aromatic carbocycles. The molecule has 0 saturated carbocycles. The Morgan fingerprint density at radius 1 is 0.762 bits per heavy atom. The number of ether oxygens (including phenoxy) is 3. The smallest absolute Gasteiger partial charge is 0.166 e. The van der Waals surface area contributed by atoms with E-state index in [1.165, 1.54) is 44.9 Å². The van der Waals surface area contributed by atoms with Gasteiger partial charge in [0.1, 0.15) is 6.10 Å². The molecule has 0 radical (unpaired) electrons. The normalized spacial score (nSPS) is 13.7.